The fourth-order valence-electron chi connectivity index (χ4n) is 3.75. The molecular weight excluding hydrogens is 524 g/mol. The van der Waals surface area contributed by atoms with Gasteiger partial charge in [0.05, 0.1) is 10.6 Å². The van der Waals surface area contributed by atoms with Crippen molar-refractivity contribution in [3.8, 4) is 0 Å². The largest absolute Gasteiger partial charge is 0.342 e. The summed E-state index contributed by atoms with van der Waals surface area (Å²) < 4.78 is 3.65. The molecule has 158 valence electrons. The molecule has 5 rings (SSSR count). The van der Waals surface area contributed by atoms with Gasteiger partial charge >= 0.3 is 0 Å². The summed E-state index contributed by atoms with van der Waals surface area (Å²) in [6, 6.07) is 23.6. The molecule has 1 saturated heterocycles. The van der Waals surface area contributed by atoms with Gasteiger partial charge < -0.3 is 4.57 Å². The van der Waals surface area contributed by atoms with Gasteiger partial charge in [0.15, 0.2) is 4.32 Å². The van der Waals surface area contributed by atoms with Crippen LogP contribution in [0.3, 0.4) is 0 Å². The van der Waals surface area contributed by atoms with E-state index in [1.54, 1.807) is 4.90 Å². The topological polar surface area (TPSA) is 25.2 Å². The molecule has 1 aliphatic rings. The molecular formula is C25H16BrClN2OS2. The first-order chi connectivity index (χ1) is 15.5. The van der Waals surface area contributed by atoms with Crippen LogP contribution in [0.2, 0.25) is 5.02 Å². The number of hydrogen-bond acceptors (Lipinski definition) is 3. The van der Waals surface area contributed by atoms with E-state index in [0.717, 1.165) is 37.2 Å². The van der Waals surface area contributed by atoms with E-state index < -0.39 is 0 Å². The van der Waals surface area contributed by atoms with Crippen LogP contribution in [-0.2, 0) is 11.3 Å². The summed E-state index contributed by atoms with van der Waals surface area (Å²) in [5.74, 6) is -0.106. The quantitative estimate of drug-likeness (QED) is 0.198. The van der Waals surface area contributed by atoms with Gasteiger partial charge in [0.25, 0.3) is 5.91 Å². The van der Waals surface area contributed by atoms with Crippen LogP contribution >= 0.6 is 51.5 Å². The Morgan fingerprint density at radius 3 is 2.50 bits per heavy atom. The molecule has 0 spiro atoms. The Hall–Kier alpha value is -2.38. The smallest absolute Gasteiger partial charge is 0.270 e. The first kappa shape index (κ1) is 21.5. The molecule has 0 unspecified atom stereocenters. The zero-order valence-electron chi connectivity index (χ0n) is 16.7. The van der Waals surface area contributed by atoms with E-state index >= 15 is 0 Å². The number of para-hydroxylation sites is 1. The monoisotopic (exact) mass is 538 g/mol. The first-order valence-corrected chi connectivity index (χ1v) is 12.3. The first-order valence-electron chi connectivity index (χ1n) is 9.86. The minimum atomic E-state index is -0.106. The third-order valence-corrected chi connectivity index (χ3v) is 7.48. The highest BCUT2D eigenvalue weighted by Gasteiger charge is 2.33. The van der Waals surface area contributed by atoms with Crippen molar-refractivity contribution >= 4 is 84.4 Å². The van der Waals surface area contributed by atoms with Gasteiger partial charge in [-0.15, -0.1) is 0 Å². The van der Waals surface area contributed by atoms with Crippen LogP contribution in [0.25, 0.3) is 17.0 Å². The number of anilines is 1. The Bertz CT molecular complexity index is 1390. The van der Waals surface area contributed by atoms with Crippen LogP contribution in [0.1, 0.15) is 11.1 Å². The van der Waals surface area contributed by atoms with Gasteiger partial charge in [-0.3, -0.25) is 9.69 Å². The van der Waals surface area contributed by atoms with Crippen molar-refractivity contribution in [3.05, 3.63) is 105 Å². The van der Waals surface area contributed by atoms with E-state index in [-0.39, 0.29) is 5.91 Å². The van der Waals surface area contributed by atoms with Gasteiger partial charge in [-0.05, 0) is 48.0 Å². The minimum Gasteiger partial charge on any atom is -0.342 e. The maximum absolute atomic E-state index is 13.2. The maximum Gasteiger partial charge on any atom is 0.270 e. The molecule has 0 aliphatic carbocycles. The molecule has 3 nitrogen and oxygen atoms in total. The molecule has 0 bridgehead atoms. The van der Waals surface area contributed by atoms with Crippen molar-refractivity contribution in [2.75, 3.05) is 4.90 Å². The maximum atomic E-state index is 13.2. The van der Waals surface area contributed by atoms with E-state index in [0.29, 0.717) is 15.8 Å². The van der Waals surface area contributed by atoms with Crippen LogP contribution in [0, 0.1) is 0 Å². The molecule has 0 N–H and O–H groups in total. The number of amides is 1. The molecule has 3 aromatic carbocycles. The lowest BCUT2D eigenvalue weighted by Crippen LogP contribution is -2.27. The molecule has 0 saturated carbocycles. The molecule has 4 aromatic rings. The zero-order chi connectivity index (χ0) is 22.2. The predicted molar refractivity (Wildman–Crippen MR) is 142 cm³/mol. The van der Waals surface area contributed by atoms with Crippen LogP contribution in [0.5, 0.6) is 0 Å². The van der Waals surface area contributed by atoms with Crippen LogP contribution in [-0.4, -0.2) is 14.8 Å². The highest BCUT2D eigenvalue weighted by Crippen LogP contribution is 2.37. The second kappa shape index (κ2) is 8.87. The summed E-state index contributed by atoms with van der Waals surface area (Å²) in [6.07, 6.45) is 4.00. The van der Waals surface area contributed by atoms with Crippen LogP contribution < -0.4 is 4.90 Å². The highest BCUT2D eigenvalue weighted by atomic mass is 79.9. The van der Waals surface area contributed by atoms with E-state index in [1.165, 1.54) is 11.8 Å². The summed E-state index contributed by atoms with van der Waals surface area (Å²) in [6.45, 7) is 0.647. The number of rotatable bonds is 4. The Balaban J connectivity index is 1.53. The summed E-state index contributed by atoms with van der Waals surface area (Å²) in [5, 5.41) is 1.82. The standard InChI is InChI=1S/C25H16BrClN2OS2/c26-18-9-11-19(12-10-18)29-24(30)23(32-25(29)31)13-17-15-28(22-8-4-2-6-20(17)22)14-16-5-1-3-7-21(16)27/h1-13,15H,14H2/b23-13+. The average molecular weight is 540 g/mol. The third kappa shape index (κ3) is 4.04. The molecule has 1 aromatic heterocycles. The Morgan fingerprint density at radius 2 is 1.72 bits per heavy atom. The molecule has 0 radical (unpaired) electrons. The van der Waals surface area contributed by atoms with Gasteiger partial charge in [-0.2, -0.15) is 0 Å². The SMILES string of the molecule is O=C1/C(=C\c2cn(Cc3ccccc3Cl)c3ccccc23)SC(=S)N1c1ccc(Br)cc1. The average Bonchev–Trinajstić information content (AvgIpc) is 3.27. The normalized spacial score (nSPS) is 15.3. The number of aromatic nitrogens is 1. The van der Waals surface area contributed by atoms with Crippen molar-refractivity contribution < 1.29 is 4.79 Å². The summed E-state index contributed by atoms with van der Waals surface area (Å²) in [7, 11) is 0. The molecule has 32 heavy (non-hydrogen) atoms. The fourth-order valence-corrected chi connectivity index (χ4v) is 5.50. The lowest BCUT2D eigenvalue weighted by Gasteiger charge is -2.14. The van der Waals surface area contributed by atoms with Gasteiger partial charge in [0.2, 0.25) is 0 Å². The lowest BCUT2D eigenvalue weighted by molar-refractivity contribution is -0.113. The number of carbonyl (C=O) groups excluding carboxylic acids is 1. The molecule has 1 fully saturated rings. The predicted octanol–water partition coefficient (Wildman–Crippen LogP) is 7.51. The van der Waals surface area contributed by atoms with Gasteiger partial charge in [0.1, 0.15) is 0 Å². The molecule has 7 heteroatoms. The van der Waals surface area contributed by atoms with E-state index in [9.17, 15) is 4.79 Å². The van der Waals surface area contributed by atoms with Gasteiger partial charge in [0, 0.05) is 38.7 Å². The second-order valence-corrected chi connectivity index (χ2v) is 10.3. The molecule has 2 heterocycles. The number of fused-ring (bicyclic) bond motifs is 1. The zero-order valence-corrected chi connectivity index (χ0v) is 20.6. The molecule has 1 aliphatic heterocycles. The third-order valence-electron chi connectivity index (χ3n) is 5.28. The number of halogens is 2. The second-order valence-electron chi connectivity index (χ2n) is 7.31. The number of thioether (sulfide) groups is 1. The fraction of sp³-hybridized carbons (Fsp3) is 0.0400. The van der Waals surface area contributed by atoms with Crippen LogP contribution in [0.15, 0.2) is 88.4 Å². The Morgan fingerprint density at radius 1 is 1.00 bits per heavy atom. The molecule has 0 atom stereocenters. The lowest BCUT2D eigenvalue weighted by atomic mass is 10.1. The van der Waals surface area contributed by atoms with E-state index in [4.69, 9.17) is 23.8 Å². The Labute approximate surface area is 208 Å². The van der Waals surface area contributed by atoms with Crippen molar-refractivity contribution in [2.24, 2.45) is 0 Å². The number of thiocarbonyl (C=S) groups is 1. The van der Waals surface area contributed by atoms with Gasteiger partial charge in [-0.25, -0.2) is 0 Å². The summed E-state index contributed by atoms with van der Waals surface area (Å²) >= 11 is 16.7. The van der Waals surface area contributed by atoms with E-state index in [1.807, 2.05) is 66.7 Å². The number of carbonyl (C=O) groups is 1. The van der Waals surface area contributed by atoms with Crippen molar-refractivity contribution in [2.45, 2.75) is 6.54 Å². The number of benzene rings is 3. The van der Waals surface area contributed by atoms with E-state index in [2.05, 4.69) is 38.8 Å². The summed E-state index contributed by atoms with van der Waals surface area (Å²) in [5.41, 5.74) is 3.87. The number of hydrogen-bond donors (Lipinski definition) is 0. The molecule has 1 amide bonds. The highest BCUT2D eigenvalue weighted by molar-refractivity contribution is 9.10. The van der Waals surface area contributed by atoms with Crippen LogP contribution in [0.4, 0.5) is 5.69 Å². The van der Waals surface area contributed by atoms with Crippen molar-refractivity contribution in [1.29, 1.82) is 0 Å². The van der Waals surface area contributed by atoms with Crippen molar-refractivity contribution in [3.63, 3.8) is 0 Å². The van der Waals surface area contributed by atoms with Gasteiger partial charge in [-0.1, -0.05) is 87.9 Å². The number of nitrogens with zero attached hydrogens (tertiary/aromatic N) is 2. The van der Waals surface area contributed by atoms with Crippen molar-refractivity contribution in [1.82, 2.24) is 4.57 Å². The summed E-state index contributed by atoms with van der Waals surface area (Å²) in [4.78, 5) is 15.4. The Kier molecular flexibility index (Phi) is 5.95. The minimum absolute atomic E-state index is 0.106.